The van der Waals surface area contributed by atoms with Crippen molar-refractivity contribution in [2.45, 2.75) is 24.2 Å². The van der Waals surface area contributed by atoms with Gasteiger partial charge in [-0.05, 0) is 19.9 Å². The van der Waals surface area contributed by atoms with Gasteiger partial charge >= 0.3 is 0 Å². The Morgan fingerprint density at radius 1 is 1.32 bits per heavy atom. The molecule has 138 valence electrons. The predicted molar refractivity (Wildman–Crippen MR) is 101 cm³/mol. The number of rotatable bonds is 4. The molecule has 1 saturated heterocycles. The number of nitrogens with one attached hydrogen (secondary N) is 1. The number of hydrogen-bond acceptors (Lipinski definition) is 6. The lowest BCUT2D eigenvalue weighted by atomic mass is 10.0. The first kappa shape index (κ1) is 20.1. The number of sulfonamides is 1. The van der Waals surface area contributed by atoms with Crippen molar-refractivity contribution < 1.29 is 13.2 Å². The van der Waals surface area contributed by atoms with E-state index in [-0.39, 0.29) is 22.8 Å². The molecule has 1 atom stereocenters. The van der Waals surface area contributed by atoms with Gasteiger partial charge in [-0.25, -0.2) is 13.4 Å². The molecule has 25 heavy (non-hydrogen) atoms. The van der Waals surface area contributed by atoms with Crippen LogP contribution in [0.4, 0.5) is 0 Å². The van der Waals surface area contributed by atoms with Gasteiger partial charge in [-0.1, -0.05) is 18.2 Å². The molecule has 6 nitrogen and oxygen atoms in total. The van der Waals surface area contributed by atoms with Crippen LogP contribution < -0.4 is 10.1 Å². The third-order valence-corrected chi connectivity index (χ3v) is 7.57. The van der Waals surface area contributed by atoms with E-state index in [1.807, 2.05) is 38.1 Å². The molecule has 1 N–H and O–H groups in total. The minimum atomic E-state index is -3.64. The summed E-state index contributed by atoms with van der Waals surface area (Å²) in [4.78, 5) is 5.19. The highest BCUT2D eigenvalue weighted by Gasteiger charge is 2.37. The number of methoxy groups -OCH3 is 1. The highest BCUT2D eigenvalue weighted by atomic mass is 35.5. The summed E-state index contributed by atoms with van der Waals surface area (Å²) in [7, 11) is -2.04. The highest BCUT2D eigenvalue weighted by molar-refractivity contribution is 7.91. The molecular weight excluding hydrogens is 382 g/mol. The third-order valence-electron chi connectivity index (χ3n) is 4.23. The van der Waals surface area contributed by atoms with E-state index >= 15 is 0 Å². The summed E-state index contributed by atoms with van der Waals surface area (Å²) < 4.78 is 33.4. The van der Waals surface area contributed by atoms with Crippen LogP contribution in [0.3, 0.4) is 0 Å². The van der Waals surface area contributed by atoms with E-state index in [1.54, 1.807) is 11.4 Å². The Morgan fingerprint density at radius 2 is 2.04 bits per heavy atom. The molecule has 1 aromatic carbocycles. The fraction of sp³-hybridized carbons (Fsp3) is 0.438. The molecule has 0 saturated carbocycles. The van der Waals surface area contributed by atoms with Gasteiger partial charge in [0.25, 0.3) is 10.0 Å². The summed E-state index contributed by atoms with van der Waals surface area (Å²) in [6, 6.07) is 7.23. The van der Waals surface area contributed by atoms with Crippen LogP contribution in [0, 0.1) is 13.8 Å². The second-order valence-electron chi connectivity index (χ2n) is 5.70. The Labute approximate surface area is 158 Å². The minimum Gasteiger partial charge on any atom is -0.496 e. The molecular formula is C16H22ClN3O3S2. The molecule has 1 aliphatic heterocycles. The lowest BCUT2D eigenvalue weighted by Gasteiger charge is -2.35. The first-order chi connectivity index (χ1) is 11.4. The molecule has 0 radical (unpaired) electrons. The Balaban J connectivity index is 0.00000225. The number of para-hydroxylation sites is 1. The van der Waals surface area contributed by atoms with Gasteiger partial charge in [-0.2, -0.15) is 4.31 Å². The van der Waals surface area contributed by atoms with Crippen molar-refractivity contribution in [3.05, 3.63) is 40.4 Å². The maximum absolute atomic E-state index is 13.1. The zero-order valence-corrected chi connectivity index (χ0v) is 16.8. The number of ether oxygens (including phenoxy) is 1. The van der Waals surface area contributed by atoms with Crippen molar-refractivity contribution in [3.63, 3.8) is 0 Å². The molecule has 3 rings (SSSR count). The van der Waals surface area contributed by atoms with Crippen LogP contribution in [0.2, 0.25) is 0 Å². The number of thiazole rings is 1. The van der Waals surface area contributed by atoms with E-state index < -0.39 is 10.0 Å². The fourth-order valence-corrected chi connectivity index (χ4v) is 5.86. The summed E-state index contributed by atoms with van der Waals surface area (Å²) in [5.41, 5.74) is 1.63. The van der Waals surface area contributed by atoms with Crippen molar-refractivity contribution in [1.29, 1.82) is 0 Å². The largest absolute Gasteiger partial charge is 0.496 e. The van der Waals surface area contributed by atoms with Crippen LogP contribution in [0.5, 0.6) is 5.75 Å². The van der Waals surface area contributed by atoms with Gasteiger partial charge in [0.05, 0.1) is 18.8 Å². The molecule has 9 heteroatoms. The lowest BCUT2D eigenvalue weighted by Crippen LogP contribution is -2.48. The summed E-state index contributed by atoms with van der Waals surface area (Å²) in [6.45, 7) is 5.29. The predicted octanol–water partition coefficient (Wildman–Crippen LogP) is 2.53. The van der Waals surface area contributed by atoms with E-state index in [2.05, 4.69) is 10.3 Å². The molecule has 1 aliphatic rings. The van der Waals surface area contributed by atoms with Crippen molar-refractivity contribution in [2.24, 2.45) is 0 Å². The van der Waals surface area contributed by atoms with Crippen molar-refractivity contribution in [3.8, 4) is 5.75 Å². The van der Waals surface area contributed by atoms with Crippen LogP contribution in [0.25, 0.3) is 0 Å². The van der Waals surface area contributed by atoms with E-state index in [0.29, 0.717) is 25.4 Å². The van der Waals surface area contributed by atoms with Gasteiger partial charge in [0, 0.05) is 30.1 Å². The first-order valence-electron chi connectivity index (χ1n) is 7.74. The minimum absolute atomic E-state index is 0. The van der Waals surface area contributed by atoms with E-state index in [9.17, 15) is 8.42 Å². The average Bonchev–Trinajstić information content (AvgIpc) is 2.94. The highest BCUT2D eigenvalue weighted by Crippen LogP contribution is 2.35. The van der Waals surface area contributed by atoms with Gasteiger partial charge in [0.2, 0.25) is 4.34 Å². The zero-order valence-electron chi connectivity index (χ0n) is 14.4. The van der Waals surface area contributed by atoms with Crippen LogP contribution in [0.1, 0.15) is 22.2 Å². The maximum atomic E-state index is 13.1. The number of halogens is 1. The molecule has 1 fully saturated rings. The van der Waals surface area contributed by atoms with Crippen LogP contribution in [-0.4, -0.2) is 44.5 Å². The van der Waals surface area contributed by atoms with Gasteiger partial charge in [0.15, 0.2) is 0 Å². The lowest BCUT2D eigenvalue weighted by molar-refractivity contribution is 0.264. The third kappa shape index (κ3) is 3.83. The molecule has 0 spiro atoms. The second kappa shape index (κ2) is 8.01. The van der Waals surface area contributed by atoms with E-state index in [4.69, 9.17) is 4.74 Å². The summed E-state index contributed by atoms with van der Waals surface area (Å²) in [5.74, 6) is 0.692. The maximum Gasteiger partial charge on any atom is 0.271 e. The van der Waals surface area contributed by atoms with Gasteiger partial charge in [0.1, 0.15) is 5.75 Å². The average molecular weight is 404 g/mol. The van der Waals surface area contributed by atoms with Crippen molar-refractivity contribution >= 4 is 33.8 Å². The SMILES string of the molecule is COc1ccccc1C1CNCCN1S(=O)(=O)c1nc(C)c(C)s1.Cl. The van der Waals surface area contributed by atoms with Gasteiger partial charge < -0.3 is 10.1 Å². The standard InChI is InChI=1S/C16H21N3O3S2.ClH/c1-11-12(2)23-16(18-11)24(20,21)19-9-8-17-10-14(19)13-6-4-5-7-15(13)22-3;/h4-7,14,17H,8-10H2,1-3H3;1H. The normalized spacial score (nSPS) is 18.6. The Morgan fingerprint density at radius 3 is 2.68 bits per heavy atom. The second-order valence-corrected chi connectivity index (χ2v) is 8.97. The molecule has 0 aliphatic carbocycles. The van der Waals surface area contributed by atoms with Crippen molar-refractivity contribution in [2.75, 3.05) is 26.7 Å². The topological polar surface area (TPSA) is 71.5 Å². The number of aromatic nitrogens is 1. The van der Waals surface area contributed by atoms with Gasteiger partial charge in [-0.15, -0.1) is 23.7 Å². The Bertz CT molecular complexity index is 819. The first-order valence-corrected chi connectivity index (χ1v) is 10.0. The van der Waals surface area contributed by atoms with Crippen LogP contribution in [-0.2, 0) is 10.0 Å². The quantitative estimate of drug-likeness (QED) is 0.849. The van der Waals surface area contributed by atoms with E-state index in [0.717, 1.165) is 16.1 Å². The molecule has 0 bridgehead atoms. The number of piperazine rings is 1. The summed E-state index contributed by atoms with van der Waals surface area (Å²) in [6.07, 6.45) is 0. The molecule has 1 aromatic heterocycles. The number of nitrogens with zero attached hydrogens (tertiary/aromatic N) is 2. The van der Waals surface area contributed by atoms with Crippen LogP contribution >= 0.6 is 23.7 Å². The fourth-order valence-electron chi connectivity index (χ4n) is 2.83. The number of aryl methyl sites for hydroxylation is 2. The monoisotopic (exact) mass is 403 g/mol. The van der Waals surface area contributed by atoms with Crippen molar-refractivity contribution in [1.82, 2.24) is 14.6 Å². The van der Waals surface area contributed by atoms with E-state index in [1.165, 1.54) is 11.3 Å². The summed E-state index contributed by atoms with van der Waals surface area (Å²) >= 11 is 1.23. The molecule has 1 unspecified atom stereocenters. The summed E-state index contributed by atoms with van der Waals surface area (Å²) in [5, 5.41) is 3.28. The Kier molecular flexibility index (Phi) is 6.45. The number of benzene rings is 1. The zero-order chi connectivity index (χ0) is 17.3. The smallest absolute Gasteiger partial charge is 0.271 e. The molecule has 2 heterocycles. The van der Waals surface area contributed by atoms with Gasteiger partial charge in [-0.3, -0.25) is 0 Å². The number of hydrogen-bond donors (Lipinski definition) is 1. The molecule has 0 amide bonds. The van der Waals surface area contributed by atoms with Crippen LogP contribution in [0.15, 0.2) is 28.6 Å². The Hall–Kier alpha value is -1.19. The molecule has 2 aromatic rings.